The third-order valence-corrected chi connectivity index (χ3v) is 2.92. The Kier molecular flexibility index (Phi) is 9.10. The third-order valence-electron chi connectivity index (χ3n) is 2.92. The fourth-order valence-corrected chi connectivity index (χ4v) is 1.69. The summed E-state index contributed by atoms with van der Waals surface area (Å²) in [5.74, 6) is -1.39. The lowest BCUT2D eigenvalue weighted by atomic mass is 10.0. The number of carbonyl (C=O) groups is 2. The second-order valence-electron chi connectivity index (χ2n) is 5.63. The van der Waals surface area contributed by atoms with Crippen LogP contribution in [0.5, 0.6) is 0 Å². The minimum atomic E-state index is -1.54. The van der Waals surface area contributed by atoms with E-state index in [1.54, 1.807) is 12.2 Å². The lowest BCUT2D eigenvalue weighted by Gasteiger charge is -2.22. The van der Waals surface area contributed by atoms with Gasteiger partial charge in [-0.2, -0.15) is 0 Å². The number of nitrogens with one attached hydrogen (secondary N) is 1. The molecule has 2 atom stereocenters. The first-order valence-corrected chi connectivity index (χ1v) is 7.32. The molecule has 0 fully saturated rings. The predicted molar refractivity (Wildman–Crippen MR) is 87.6 cm³/mol. The molecule has 0 aliphatic rings. The summed E-state index contributed by atoms with van der Waals surface area (Å²) in [5.41, 5.74) is -0.871. The van der Waals surface area contributed by atoms with Crippen LogP contribution in [-0.2, 0) is 19.1 Å². The van der Waals surface area contributed by atoms with Gasteiger partial charge in [-0.3, -0.25) is 4.79 Å². The van der Waals surface area contributed by atoms with Gasteiger partial charge in [-0.05, 0) is 33.4 Å². The first-order chi connectivity index (χ1) is 10.6. The lowest BCUT2D eigenvalue weighted by Crippen LogP contribution is -2.42. The molecular formula is C17H26FNO4. The highest BCUT2D eigenvalue weighted by Gasteiger charge is 2.30. The number of alkyl halides is 1. The van der Waals surface area contributed by atoms with Crippen molar-refractivity contribution in [2.24, 2.45) is 0 Å². The molecule has 0 amide bonds. The van der Waals surface area contributed by atoms with Crippen molar-refractivity contribution in [3.8, 4) is 0 Å². The van der Waals surface area contributed by atoms with E-state index < -0.39 is 29.8 Å². The molecule has 5 nitrogen and oxygen atoms in total. The Hall–Kier alpha value is -1.95. The van der Waals surface area contributed by atoms with Crippen LogP contribution in [-0.4, -0.2) is 43.4 Å². The molecule has 0 aromatic rings. The molecule has 0 aliphatic heterocycles. The van der Waals surface area contributed by atoms with E-state index in [2.05, 4.69) is 18.5 Å². The van der Waals surface area contributed by atoms with Crippen LogP contribution in [0.2, 0.25) is 0 Å². The average molecular weight is 327 g/mol. The fourth-order valence-electron chi connectivity index (χ4n) is 1.69. The molecule has 0 heterocycles. The van der Waals surface area contributed by atoms with Crippen LogP contribution in [0.1, 0.15) is 27.2 Å². The van der Waals surface area contributed by atoms with Crippen molar-refractivity contribution in [2.45, 2.75) is 45.0 Å². The topological polar surface area (TPSA) is 64.6 Å². The first-order valence-electron chi connectivity index (χ1n) is 7.32. The zero-order valence-electron chi connectivity index (χ0n) is 14.2. The maximum Gasteiger partial charge on any atom is 0.347 e. The van der Waals surface area contributed by atoms with Gasteiger partial charge in [0.25, 0.3) is 0 Å². The van der Waals surface area contributed by atoms with E-state index in [1.165, 1.54) is 33.9 Å². The van der Waals surface area contributed by atoms with Gasteiger partial charge in [0.15, 0.2) is 6.10 Å². The van der Waals surface area contributed by atoms with Crippen LogP contribution in [0.25, 0.3) is 0 Å². The molecule has 0 rings (SSSR count). The number of hydrogen-bond acceptors (Lipinski definition) is 5. The highest BCUT2D eigenvalue weighted by atomic mass is 19.1. The summed E-state index contributed by atoms with van der Waals surface area (Å²) in [4.78, 5) is 23.8. The van der Waals surface area contributed by atoms with E-state index in [0.717, 1.165) is 0 Å². The zero-order chi connectivity index (χ0) is 18.0. The molecule has 0 aromatic heterocycles. The Morgan fingerprint density at radius 3 is 2.35 bits per heavy atom. The second-order valence-corrected chi connectivity index (χ2v) is 5.63. The first kappa shape index (κ1) is 21.0. The summed E-state index contributed by atoms with van der Waals surface area (Å²) >= 11 is 0. The third kappa shape index (κ3) is 8.93. The van der Waals surface area contributed by atoms with Crippen LogP contribution in [0, 0.1) is 0 Å². The van der Waals surface area contributed by atoms with E-state index in [-0.39, 0.29) is 13.0 Å². The zero-order valence-corrected chi connectivity index (χ0v) is 14.2. The van der Waals surface area contributed by atoms with Crippen molar-refractivity contribution in [1.82, 2.24) is 5.32 Å². The molecule has 130 valence electrons. The van der Waals surface area contributed by atoms with Crippen molar-refractivity contribution in [3.63, 3.8) is 0 Å². The average Bonchev–Trinajstić information content (AvgIpc) is 2.47. The molecule has 0 aliphatic carbocycles. The highest BCUT2D eigenvalue weighted by molar-refractivity contribution is 5.81. The standard InChI is InChI=1S/C17H26FNO4/c1-7-9-13(8-2)11-22-15(20)12(3)23-16(21)14(19-6)10-17(4,5)18/h7-9,12,14,19H,1-2,10-11H2,3-6H3/b13-9+. The number of carbonyl (C=O) groups excluding carboxylic acids is 2. The Balaban J connectivity index is 4.55. The molecule has 0 saturated carbocycles. The number of hydrogen-bond donors (Lipinski definition) is 1. The minimum Gasteiger partial charge on any atom is -0.458 e. The molecule has 6 heteroatoms. The van der Waals surface area contributed by atoms with Gasteiger partial charge in [0, 0.05) is 6.42 Å². The minimum absolute atomic E-state index is 0.00319. The van der Waals surface area contributed by atoms with Crippen LogP contribution in [0.4, 0.5) is 4.39 Å². The highest BCUT2D eigenvalue weighted by Crippen LogP contribution is 2.17. The lowest BCUT2D eigenvalue weighted by molar-refractivity contribution is -0.167. The number of likely N-dealkylation sites (N-methyl/N-ethyl adjacent to an activating group) is 1. The Morgan fingerprint density at radius 1 is 1.30 bits per heavy atom. The Labute approximate surface area is 137 Å². The van der Waals surface area contributed by atoms with E-state index in [9.17, 15) is 14.0 Å². The van der Waals surface area contributed by atoms with Gasteiger partial charge in [0.05, 0.1) is 0 Å². The summed E-state index contributed by atoms with van der Waals surface area (Å²) in [6.45, 7) is 11.3. The van der Waals surface area contributed by atoms with Gasteiger partial charge in [-0.1, -0.05) is 31.4 Å². The van der Waals surface area contributed by atoms with Crippen molar-refractivity contribution in [3.05, 3.63) is 37.0 Å². The van der Waals surface area contributed by atoms with E-state index in [0.29, 0.717) is 5.57 Å². The normalized spacial score (nSPS) is 14.6. The summed E-state index contributed by atoms with van der Waals surface area (Å²) in [6, 6.07) is -0.838. The van der Waals surface area contributed by atoms with Crippen LogP contribution < -0.4 is 5.32 Å². The number of allylic oxidation sites excluding steroid dienone is 2. The van der Waals surface area contributed by atoms with Gasteiger partial charge in [0.2, 0.25) is 0 Å². The predicted octanol–water partition coefficient (Wildman–Crippen LogP) is 2.49. The molecule has 0 spiro atoms. The Bertz CT molecular complexity index is 466. The van der Waals surface area contributed by atoms with Crippen molar-refractivity contribution < 1.29 is 23.5 Å². The molecule has 0 radical (unpaired) electrons. The molecule has 0 bridgehead atoms. The monoisotopic (exact) mass is 327 g/mol. The largest absolute Gasteiger partial charge is 0.458 e. The SMILES string of the molecule is C=C/C=C(\C=C)COC(=O)C(C)OC(=O)C(CC(C)(C)F)NC. The maximum absolute atomic E-state index is 13.6. The molecule has 23 heavy (non-hydrogen) atoms. The smallest absolute Gasteiger partial charge is 0.347 e. The number of esters is 2. The fraction of sp³-hybridized carbons (Fsp3) is 0.529. The van der Waals surface area contributed by atoms with E-state index >= 15 is 0 Å². The summed E-state index contributed by atoms with van der Waals surface area (Å²) in [6.07, 6.45) is 3.58. The number of ether oxygens (including phenoxy) is 2. The molecule has 0 saturated heterocycles. The van der Waals surface area contributed by atoms with Crippen molar-refractivity contribution in [2.75, 3.05) is 13.7 Å². The summed E-state index contributed by atoms with van der Waals surface area (Å²) in [7, 11) is 1.52. The second kappa shape index (κ2) is 9.94. The summed E-state index contributed by atoms with van der Waals surface area (Å²) < 4.78 is 23.7. The maximum atomic E-state index is 13.6. The van der Waals surface area contributed by atoms with E-state index in [4.69, 9.17) is 9.47 Å². The number of rotatable bonds is 10. The molecule has 2 unspecified atom stereocenters. The molecule has 1 N–H and O–H groups in total. The summed E-state index contributed by atoms with van der Waals surface area (Å²) in [5, 5.41) is 2.68. The van der Waals surface area contributed by atoms with Gasteiger partial charge >= 0.3 is 11.9 Å². The number of halogens is 1. The molecule has 0 aromatic carbocycles. The van der Waals surface area contributed by atoms with Crippen LogP contribution >= 0.6 is 0 Å². The molecular weight excluding hydrogens is 301 g/mol. The van der Waals surface area contributed by atoms with Crippen molar-refractivity contribution in [1.29, 1.82) is 0 Å². The van der Waals surface area contributed by atoms with Crippen molar-refractivity contribution >= 4 is 11.9 Å². The van der Waals surface area contributed by atoms with Gasteiger partial charge < -0.3 is 14.8 Å². The van der Waals surface area contributed by atoms with Gasteiger partial charge in [-0.25, -0.2) is 9.18 Å². The Morgan fingerprint density at radius 2 is 1.91 bits per heavy atom. The van der Waals surface area contributed by atoms with Crippen LogP contribution in [0.3, 0.4) is 0 Å². The van der Waals surface area contributed by atoms with Crippen LogP contribution in [0.15, 0.2) is 37.0 Å². The van der Waals surface area contributed by atoms with Gasteiger partial charge in [0.1, 0.15) is 18.3 Å². The van der Waals surface area contributed by atoms with E-state index in [1.807, 2.05) is 0 Å². The quantitative estimate of drug-likeness (QED) is 0.493. The van der Waals surface area contributed by atoms with Gasteiger partial charge in [-0.15, -0.1) is 0 Å².